The van der Waals surface area contributed by atoms with Crippen molar-refractivity contribution in [2.24, 2.45) is 0 Å². The van der Waals surface area contributed by atoms with Crippen LogP contribution in [-0.2, 0) is 4.79 Å². The number of hydrogen-bond donors (Lipinski definition) is 3. The Bertz CT molecular complexity index is 1580. The van der Waals surface area contributed by atoms with E-state index in [9.17, 15) is 4.79 Å². The lowest BCUT2D eigenvalue weighted by atomic mass is 10.1. The predicted octanol–water partition coefficient (Wildman–Crippen LogP) is 8.74. The predicted molar refractivity (Wildman–Crippen MR) is 169 cm³/mol. The number of aromatic nitrogens is 1. The molecule has 1 aromatic heterocycles. The van der Waals surface area contributed by atoms with Gasteiger partial charge < -0.3 is 16.0 Å². The topological polar surface area (TPSA) is 66.0 Å². The van der Waals surface area contributed by atoms with Gasteiger partial charge in [-0.2, -0.15) is 0 Å². The van der Waals surface area contributed by atoms with Crippen molar-refractivity contribution < 1.29 is 4.79 Å². The third kappa shape index (κ3) is 7.25. The van der Waals surface area contributed by atoms with Crippen LogP contribution in [0.4, 0.5) is 16.5 Å². The Hall–Kier alpha value is -3.69. The number of amides is 1. The molecular weight excluding hydrogens is 564 g/mol. The van der Waals surface area contributed by atoms with Crippen LogP contribution in [0, 0.1) is 0 Å². The van der Waals surface area contributed by atoms with Crippen LogP contribution in [-0.4, -0.2) is 16.0 Å². The van der Waals surface area contributed by atoms with Gasteiger partial charge >= 0.3 is 0 Å². The number of carbonyl (C=O) groups is 1. The fourth-order valence-electron chi connectivity index (χ4n) is 3.79. The van der Waals surface area contributed by atoms with Crippen molar-refractivity contribution in [3.05, 3.63) is 125 Å². The van der Waals surface area contributed by atoms with Gasteiger partial charge in [-0.05, 0) is 54.2 Å². The first kappa shape index (κ1) is 26.9. The van der Waals surface area contributed by atoms with Gasteiger partial charge in [0, 0.05) is 32.2 Å². The summed E-state index contributed by atoms with van der Waals surface area (Å²) in [7, 11) is 0. The maximum absolute atomic E-state index is 13.6. The van der Waals surface area contributed by atoms with Gasteiger partial charge in [-0.1, -0.05) is 84.4 Å². The third-order valence-electron chi connectivity index (χ3n) is 5.60. The standard InChI is InChI=1S/C30H23ClN4OS3/c31-25-17-8-7-16-24(25)26-19-38-30(34-26)35-28(36)27(20-10-3-1-4-11-20)39-23-15-9-14-22(18-23)33-29(37)32-21-12-5-2-6-13-21/h1-19,27H,(H2,32,33,37)(H,34,35,36). The first-order valence-corrected chi connectivity index (χ1v) is 14.6. The molecule has 4 aromatic carbocycles. The van der Waals surface area contributed by atoms with Crippen LogP contribution in [0.15, 0.2) is 119 Å². The van der Waals surface area contributed by atoms with E-state index < -0.39 is 5.25 Å². The van der Waals surface area contributed by atoms with Crippen molar-refractivity contribution in [3.63, 3.8) is 0 Å². The molecule has 1 heterocycles. The summed E-state index contributed by atoms with van der Waals surface area (Å²) in [5.41, 5.74) is 4.17. The van der Waals surface area contributed by atoms with E-state index in [0.29, 0.717) is 15.3 Å². The number of nitrogens with zero attached hydrogens (tertiary/aromatic N) is 1. The molecule has 0 saturated carbocycles. The molecule has 0 radical (unpaired) electrons. The van der Waals surface area contributed by atoms with Crippen LogP contribution in [0.25, 0.3) is 11.3 Å². The second-order valence-electron chi connectivity index (χ2n) is 8.39. The molecule has 5 rings (SSSR count). The van der Waals surface area contributed by atoms with Crippen molar-refractivity contribution in [2.75, 3.05) is 16.0 Å². The summed E-state index contributed by atoms with van der Waals surface area (Å²) >= 11 is 14.6. The molecule has 0 aliphatic rings. The number of thiazole rings is 1. The van der Waals surface area contributed by atoms with Crippen LogP contribution in [0.2, 0.25) is 5.02 Å². The maximum atomic E-state index is 13.6. The summed E-state index contributed by atoms with van der Waals surface area (Å²) in [4.78, 5) is 19.1. The highest BCUT2D eigenvalue weighted by Crippen LogP contribution is 2.38. The van der Waals surface area contributed by atoms with Gasteiger partial charge in [0.05, 0.1) is 5.69 Å². The van der Waals surface area contributed by atoms with Crippen molar-refractivity contribution in [1.29, 1.82) is 0 Å². The molecule has 3 N–H and O–H groups in total. The number of carbonyl (C=O) groups excluding carboxylic acids is 1. The Balaban J connectivity index is 1.31. The highest BCUT2D eigenvalue weighted by molar-refractivity contribution is 8.00. The Kier molecular flexibility index (Phi) is 8.90. The number of rotatable bonds is 8. The Morgan fingerprint density at radius 3 is 2.26 bits per heavy atom. The van der Waals surface area contributed by atoms with Crippen LogP contribution in [0.5, 0.6) is 0 Å². The highest BCUT2D eigenvalue weighted by atomic mass is 35.5. The van der Waals surface area contributed by atoms with Crippen molar-refractivity contribution in [3.8, 4) is 11.3 Å². The largest absolute Gasteiger partial charge is 0.332 e. The van der Waals surface area contributed by atoms with E-state index in [1.54, 1.807) is 0 Å². The summed E-state index contributed by atoms with van der Waals surface area (Å²) in [5, 5.41) is 12.4. The molecule has 194 valence electrons. The Morgan fingerprint density at radius 2 is 1.49 bits per heavy atom. The fourth-order valence-corrected chi connectivity index (χ4v) is 6.06. The van der Waals surface area contributed by atoms with Crippen molar-refractivity contribution in [2.45, 2.75) is 10.1 Å². The zero-order valence-corrected chi connectivity index (χ0v) is 23.7. The first-order valence-electron chi connectivity index (χ1n) is 12.0. The molecular formula is C30H23ClN4OS3. The molecule has 1 atom stereocenters. The molecule has 1 amide bonds. The van der Waals surface area contributed by atoms with E-state index >= 15 is 0 Å². The summed E-state index contributed by atoms with van der Waals surface area (Å²) < 4.78 is 0. The molecule has 0 aliphatic carbocycles. The molecule has 0 spiro atoms. The number of thiocarbonyl (C=S) groups is 1. The lowest BCUT2D eigenvalue weighted by Gasteiger charge is -2.17. The van der Waals surface area contributed by atoms with Gasteiger partial charge in [-0.15, -0.1) is 23.1 Å². The average Bonchev–Trinajstić information content (AvgIpc) is 3.41. The number of thioether (sulfide) groups is 1. The zero-order chi connectivity index (χ0) is 27.0. The minimum Gasteiger partial charge on any atom is -0.332 e. The molecule has 5 nitrogen and oxygen atoms in total. The lowest BCUT2D eigenvalue weighted by molar-refractivity contribution is -0.115. The quantitative estimate of drug-likeness (QED) is 0.125. The number of nitrogens with one attached hydrogen (secondary N) is 3. The molecule has 5 aromatic rings. The van der Waals surface area contributed by atoms with Gasteiger partial charge in [0.1, 0.15) is 5.25 Å². The van der Waals surface area contributed by atoms with Gasteiger partial charge in [0.2, 0.25) is 5.91 Å². The lowest BCUT2D eigenvalue weighted by Crippen LogP contribution is -2.19. The van der Waals surface area contributed by atoms with Gasteiger partial charge in [0.25, 0.3) is 0 Å². The molecule has 0 bridgehead atoms. The van der Waals surface area contributed by atoms with Crippen molar-refractivity contribution >= 4 is 74.4 Å². The van der Waals surface area contributed by atoms with E-state index in [0.717, 1.165) is 33.1 Å². The van der Waals surface area contributed by atoms with Gasteiger partial charge in [0.15, 0.2) is 10.2 Å². The minimum atomic E-state index is -0.497. The number of halogens is 1. The van der Waals surface area contributed by atoms with Crippen LogP contribution >= 0.6 is 46.9 Å². The number of para-hydroxylation sites is 1. The molecule has 1 unspecified atom stereocenters. The van der Waals surface area contributed by atoms with Crippen molar-refractivity contribution in [1.82, 2.24) is 4.98 Å². The van der Waals surface area contributed by atoms with Crippen LogP contribution in [0.3, 0.4) is 0 Å². The average molecular weight is 587 g/mol. The maximum Gasteiger partial charge on any atom is 0.244 e. The summed E-state index contributed by atoms with van der Waals surface area (Å²) in [6, 6.07) is 34.8. The zero-order valence-electron chi connectivity index (χ0n) is 20.5. The van der Waals surface area contributed by atoms with Crippen LogP contribution in [0.1, 0.15) is 10.8 Å². The second kappa shape index (κ2) is 12.9. The van der Waals surface area contributed by atoms with E-state index in [-0.39, 0.29) is 5.91 Å². The third-order valence-corrected chi connectivity index (χ3v) is 8.14. The summed E-state index contributed by atoms with van der Waals surface area (Å²) in [5.74, 6) is -0.161. The number of anilines is 3. The summed E-state index contributed by atoms with van der Waals surface area (Å²) in [6.45, 7) is 0. The minimum absolute atomic E-state index is 0.161. The monoisotopic (exact) mass is 586 g/mol. The fraction of sp³-hybridized carbons (Fsp3) is 0.0333. The van der Waals surface area contributed by atoms with E-state index in [4.69, 9.17) is 23.8 Å². The van der Waals surface area contributed by atoms with E-state index in [1.165, 1.54) is 23.1 Å². The van der Waals surface area contributed by atoms with Crippen LogP contribution < -0.4 is 16.0 Å². The van der Waals surface area contributed by atoms with Gasteiger partial charge in [-0.25, -0.2) is 4.98 Å². The van der Waals surface area contributed by atoms with E-state index in [2.05, 4.69) is 20.9 Å². The normalized spacial score (nSPS) is 11.4. The Labute approximate surface area is 245 Å². The molecule has 39 heavy (non-hydrogen) atoms. The van der Waals surface area contributed by atoms with E-state index in [1.807, 2.05) is 115 Å². The summed E-state index contributed by atoms with van der Waals surface area (Å²) in [6.07, 6.45) is 0. The Morgan fingerprint density at radius 1 is 0.821 bits per heavy atom. The molecule has 0 aliphatic heterocycles. The molecule has 0 fully saturated rings. The second-order valence-corrected chi connectivity index (χ2v) is 11.2. The smallest absolute Gasteiger partial charge is 0.244 e. The highest BCUT2D eigenvalue weighted by Gasteiger charge is 2.23. The first-order chi connectivity index (χ1) is 19.0. The molecule has 0 saturated heterocycles. The number of hydrogen-bond acceptors (Lipinski definition) is 5. The number of benzene rings is 4. The molecule has 9 heteroatoms. The van der Waals surface area contributed by atoms with Gasteiger partial charge in [-0.3, -0.25) is 4.79 Å². The SMILES string of the molecule is O=C(Nc1nc(-c2ccccc2Cl)cs1)C(Sc1cccc(NC(=S)Nc2ccccc2)c1)c1ccccc1.